The summed E-state index contributed by atoms with van der Waals surface area (Å²) in [6.45, 7) is 0. The van der Waals surface area contributed by atoms with Gasteiger partial charge in [0.1, 0.15) is 10.6 Å². The fourth-order valence-electron chi connectivity index (χ4n) is 0.854. The zero-order valence-corrected chi connectivity index (χ0v) is 11.6. The minimum Gasteiger partial charge on any atom is -1.00 e. The van der Waals surface area contributed by atoms with E-state index < -0.39 is 26.7 Å². The minimum atomic E-state index is -4.60. The van der Waals surface area contributed by atoms with E-state index in [4.69, 9.17) is 14.8 Å². The van der Waals surface area contributed by atoms with E-state index >= 15 is 0 Å². The molecule has 0 heterocycles. The number of rotatable bonds is 2. The summed E-state index contributed by atoms with van der Waals surface area (Å²) in [6.07, 6.45) is 0. The molecule has 0 aliphatic rings. The van der Waals surface area contributed by atoms with E-state index in [-0.39, 0.29) is 58.4 Å². The van der Waals surface area contributed by atoms with Crippen molar-refractivity contribution in [1.29, 1.82) is 0 Å². The number of carboxylic acids is 1. The summed E-state index contributed by atoms with van der Waals surface area (Å²) < 4.78 is 29.9. The molecule has 0 unspecified atom stereocenters. The Morgan fingerprint density at radius 2 is 1.87 bits per heavy atom. The molecule has 0 saturated carbocycles. The SMILES string of the molecule is O=C(O)c1ccc(O)c(S(=O)(=O)O)c1.[H-].[K+]. The van der Waals surface area contributed by atoms with Crippen molar-refractivity contribution >= 4 is 16.1 Å². The van der Waals surface area contributed by atoms with Gasteiger partial charge in [0.05, 0.1) is 5.56 Å². The van der Waals surface area contributed by atoms with E-state index in [0.717, 1.165) is 12.1 Å². The third-order valence-electron chi connectivity index (χ3n) is 1.48. The zero-order chi connectivity index (χ0) is 10.9. The van der Waals surface area contributed by atoms with E-state index in [1.807, 2.05) is 0 Å². The molecule has 0 saturated heterocycles. The van der Waals surface area contributed by atoms with Crippen LogP contribution in [0.4, 0.5) is 0 Å². The minimum absolute atomic E-state index is 0. The number of phenols is 1. The Hall–Kier alpha value is 0.0364. The summed E-state index contributed by atoms with van der Waals surface area (Å²) >= 11 is 0. The van der Waals surface area contributed by atoms with E-state index in [2.05, 4.69) is 0 Å². The van der Waals surface area contributed by atoms with Crippen LogP contribution in [0.3, 0.4) is 0 Å². The van der Waals surface area contributed by atoms with Crippen molar-refractivity contribution in [3.8, 4) is 5.75 Å². The Morgan fingerprint density at radius 1 is 1.33 bits per heavy atom. The van der Waals surface area contributed by atoms with Crippen LogP contribution in [0.15, 0.2) is 23.1 Å². The first kappa shape index (κ1) is 15.0. The number of phenolic OH excluding ortho intramolecular Hbond substituents is 1. The molecular weight excluding hydrogens is 251 g/mol. The first-order valence-electron chi connectivity index (χ1n) is 3.36. The van der Waals surface area contributed by atoms with Crippen molar-refractivity contribution < 1.29 is 80.8 Å². The van der Waals surface area contributed by atoms with Gasteiger partial charge in [-0.2, -0.15) is 8.42 Å². The molecule has 78 valence electrons. The number of benzene rings is 1. The summed E-state index contributed by atoms with van der Waals surface area (Å²) in [4.78, 5) is 9.61. The third-order valence-corrected chi connectivity index (χ3v) is 2.37. The topological polar surface area (TPSA) is 112 Å². The Balaban J connectivity index is 0. The van der Waals surface area contributed by atoms with Gasteiger partial charge in [-0.3, -0.25) is 4.55 Å². The molecule has 0 atom stereocenters. The quantitative estimate of drug-likeness (QED) is 0.398. The number of carbonyl (C=O) groups is 1. The van der Waals surface area contributed by atoms with Gasteiger partial charge in [-0.1, -0.05) is 0 Å². The van der Waals surface area contributed by atoms with E-state index in [1.54, 1.807) is 0 Å². The molecule has 15 heavy (non-hydrogen) atoms. The van der Waals surface area contributed by atoms with Gasteiger partial charge >= 0.3 is 57.4 Å². The average Bonchev–Trinajstić information content (AvgIpc) is 2.02. The van der Waals surface area contributed by atoms with Gasteiger partial charge in [0.2, 0.25) is 0 Å². The molecule has 0 radical (unpaired) electrons. The largest absolute Gasteiger partial charge is 1.00 e. The molecule has 0 amide bonds. The molecule has 0 aliphatic carbocycles. The maximum absolute atomic E-state index is 10.6. The van der Waals surface area contributed by atoms with Crippen molar-refractivity contribution in [1.82, 2.24) is 0 Å². The number of hydrogen-bond donors (Lipinski definition) is 3. The second kappa shape index (κ2) is 5.39. The summed E-state index contributed by atoms with van der Waals surface area (Å²) in [5, 5.41) is 17.5. The molecule has 0 bridgehead atoms. The van der Waals surface area contributed by atoms with Crippen LogP contribution < -0.4 is 51.4 Å². The fourth-order valence-corrected chi connectivity index (χ4v) is 1.46. The van der Waals surface area contributed by atoms with Gasteiger partial charge in [0.15, 0.2) is 0 Å². The second-order valence-electron chi connectivity index (χ2n) is 2.46. The van der Waals surface area contributed by atoms with Crippen LogP contribution in [-0.2, 0) is 10.1 Å². The van der Waals surface area contributed by atoms with Crippen molar-refractivity contribution in [2.24, 2.45) is 0 Å². The molecule has 1 aromatic rings. The number of carboxylic acid groups (broad SMARTS) is 1. The van der Waals surface area contributed by atoms with Crippen LogP contribution >= 0.6 is 0 Å². The van der Waals surface area contributed by atoms with Crippen LogP contribution in [0.25, 0.3) is 0 Å². The normalized spacial score (nSPS) is 10.5. The summed E-state index contributed by atoms with van der Waals surface area (Å²) in [6, 6.07) is 2.58. The average molecular weight is 258 g/mol. The molecule has 6 nitrogen and oxygen atoms in total. The zero-order valence-electron chi connectivity index (χ0n) is 8.71. The van der Waals surface area contributed by atoms with Crippen molar-refractivity contribution in [2.45, 2.75) is 4.90 Å². The monoisotopic (exact) mass is 258 g/mol. The molecular formula is C7H7KO6S. The Bertz CT molecular complexity index is 486. The number of aromatic carboxylic acids is 1. The van der Waals surface area contributed by atoms with Crippen molar-refractivity contribution in [3.05, 3.63) is 23.8 Å². The fraction of sp³-hybridized carbons (Fsp3) is 0. The summed E-state index contributed by atoms with van der Waals surface area (Å²) in [7, 11) is -4.60. The van der Waals surface area contributed by atoms with Crippen LogP contribution in [0.5, 0.6) is 5.75 Å². The Labute approximate surface area is 130 Å². The molecule has 0 aliphatic heterocycles. The predicted molar refractivity (Wildman–Crippen MR) is 46.0 cm³/mol. The molecule has 0 aromatic heterocycles. The van der Waals surface area contributed by atoms with E-state index in [0.29, 0.717) is 6.07 Å². The van der Waals surface area contributed by atoms with Crippen LogP contribution in [-0.4, -0.2) is 29.2 Å². The van der Waals surface area contributed by atoms with E-state index in [9.17, 15) is 13.2 Å². The standard InChI is InChI=1S/C7H6O6S.K.H/c8-5-2-1-4(7(9)10)3-6(5)14(11,12)13;;/h1-3,8H,(H,9,10)(H,11,12,13);;/q;+1;-1. The summed E-state index contributed by atoms with van der Waals surface area (Å²) in [5.41, 5.74) is -0.338. The van der Waals surface area contributed by atoms with Gasteiger partial charge in [0.25, 0.3) is 10.1 Å². The maximum Gasteiger partial charge on any atom is 1.00 e. The summed E-state index contributed by atoms with van der Waals surface area (Å²) in [5.74, 6) is -2.05. The predicted octanol–water partition coefficient (Wildman–Crippen LogP) is -2.55. The van der Waals surface area contributed by atoms with Gasteiger partial charge in [-0.25, -0.2) is 4.79 Å². The first-order chi connectivity index (χ1) is 6.32. The Kier molecular flexibility index (Phi) is 5.40. The second-order valence-corrected chi connectivity index (χ2v) is 3.85. The molecule has 1 aromatic carbocycles. The number of hydrogen-bond acceptors (Lipinski definition) is 4. The van der Waals surface area contributed by atoms with Crippen LogP contribution in [0.2, 0.25) is 0 Å². The third kappa shape index (κ3) is 3.83. The van der Waals surface area contributed by atoms with Crippen LogP contribution in [0.1, 0.15) is 11.8 Å². The van der Waals surface area contributed by atoms with Crippen molar-refractivity contribution in [3.63, 3.8) is 0 Å². The Morgan fingerprint density at radius 3 is 2.27 bits per heavy atom. The van der Waals surface area contributed by atoms with Gasteiger partial charge in [-0.15, -0.1) is 0 Å². The van der Waals surface area contributed by atoms with Gasteiger partial charge in [-0.05, 0) is 18.2 Å². The van der Waals surface area contributed by atoms with Gasteiger partial charge < -0.3 is 11.6 Å². The maximum atomic E-state index is 10.6. The molecule has 1 rings (SSSR count). The van der Waals surface area contributed by atoms with Crippen molar-refractivity contribution in [2.75, 3.05) is 0 Å². The molecule has 8 heteroatoms. The molecule has 0 spiro atoms. The van der Waals surface area contributed by atoms with Crippen LogP contribution in [0, 0.1) is 0 Å². The first-order valence-corrected chi connectivity index (χ1v) is 4.80. The smallest absolute Gasteiger partial charge is 1.00 e. The molecule has 3 N–H and O–H groups in total. The number of aromatic hydroxyl groups is 1. The van der Waals surface area contributed by atoms with E-state index in [1.165, 1.54) is 0 Å². The van der Waals surface area contributed by atoms with Gasteiger partial charge in [0, 0.05) is 0 Å². The molecule has 0 fully saturated rings.